The second-order valence-electron chi connectivity index (χ2n) is 11.8. The van der Waals surface area contributed by atoms with E-state index in [2.05, 4.69) is 36.2 Å². The van der Waals surface area contributed by atoms with Gasteiger partial charge in [0.1, 0.15) is 24.2 Å². The highest BCUT2D eigenvalue weighted by Gasteiger charge is 2.32. The molecule has 0 heterocycles. The number of hydrogen-bond donors (Lipinski definition) is 13. The third-order valence-corrected chi connectivity index (χ3v) is 6.79. The van der Waals surface area contributed by atoms with Gasteiger partial charge in [-0.1, -0.05) is 13.8 Å². The molecule has 0 fully saturated rings. The molecule has 20 N–H and O–H groups in total. The summed E-state index contributed by atoms with van der Waals surface area (Å²) in [5, 5.41) is 28.7. The lowest BCUT2D eigenvalue weighted by Gasteiger charge is -2.27. The number of carboxylic acids is 2. The minimum Gasteiger partial charge on any atom is -0.481 e. The Hall–Kier alpha value is -5.41. The lowest BCUT2D eigenvalue weighted by molar-refractivity contribution is -0.142. The predicted octanol–water partition coefficient (Wildman–Crippen LogP) is -4.98. The van der Waals surface area contributed by atoms with E-state index in [9.17, 15) is 33.9 Å². The van der Waals surface area contributed by atoms with Crippen LogP contribution in [0.3, 0.4) is 0 Å². The van der Waals surface area contributed by atoms with Crippen molar-refractivity contribution in [1.29, 1.82) is 0 Å². The zero-order valence-electron chi connectivity index (χ0n) is 28.5. The number of guanidine groups is 3. The van der Waals surface area contributed by atoms with Crippen molar-refractivity contribution in [3.05, 3.63) is 0 Å². The molecule has 5 atom stereocenters. The normalized spacial score (nSPS) is 13.7. The first kappa shape index (κ1) is 44.6. The highest BCUT2D eigenvalue weighted by atomic mass is 16.4. The van der Waals surface area contributed by atoms with E-state index in [0.717, 1.165) is 0 Å². The standard InChI is InChI=1S/C28H54N14O8/c1-14(2)12-19(42-23(47)16(6-3-9-36-26(30)31)39-21(45)15(29)13-20(43)44)24(48)40-17(7-4-10-37-27(32)33)22(46)41-18(25(49)50)8-5-11-38-28(34)35/h14-19H,3-13,29H2,1-2H3,(H,39,45)(H,40,48)(H,41,46)(H,42,47)(H,43,44)(H,49,50)(H4,30,31,36)(H4,32,33,37)(H4,34,35,38)/t15-,16-,17-,18-,19-/m0/s1. The molecular formula is C28H54N14O8. The summed E-state index contributed by atoms with van der Waals surface area (Å²) in [6.07, 6.45) is -0.00894. The summed E-state index contributed by atoms with van der Waals surface area (Å²) in [5.74, 6) is -6.66. The van der Waals surface area contributed by atoms with Crippen molar-refractivity contribution in [2.24, 2.45) is 61.0 Å². The molecule has 0 aromatic carbocycles. The van der Waals surface area contributed by atoms with Gasteiger partial charge in [0.15, 0.2) is 17.9 Å². The van der Waals surface area contributed by atoms with Gasteiger partial charge in [0, 0.05) is 19.6 Å². The van der Waals surface area contributed by atoms with Crippen LogP contribution in [-0.2, 0) is 28.8 Å². The average molecular weight is 715 g/mol. The molecule has 0 aliphatic rings. The number of carboxylic acid groups (broad SMARTS) is 2. The Bertz CT molecular complexity index is 1230. The zero-order valence-corrected chi connectivity index (χ0v) is 28.5. The number of carbonyl (C=O) groups excluding carboxylic acids is 4. The van der Waals surface area contributed by atoms with Crippen molar-refractivity contribution < 1.29 is 39.0 Å². The van der Waals surface area contributed by atoms with E-state index in [1.807, 2.05) is 0 Å². The lowest BCUT2D eigenvalue weighted by atomic mass is 10.0. The topological polar surface area (TPSA) is 410 Å². The largest absolute Gasteiger partial charge is 0.481 e. The number of hydrogen-bond acceptors (Lipinski definition) is 10. The van der Waals surface area contributed by atoms with E-state index in [1.165, 1.54) is 0 Å². The first-order chi connectivity index (χ1) is 23.3. The number of aliphatic carboxylic acids is 2. The number of rotatable bonds is 25. The fourth-order valence-electron chi connectivity index (χ4n) is 4.39. The first-order valence-corrected chi connectivity index (χ1v) is 15.9. The van der Waals surface area contributed by atoms with Gasteiger partial charge in [0.2, 0.25) is 23.6 Å². The van der Waals surface area contributed by atoms with E-state index in [0.29, 0.717) is 0 Å². The van der Waals surface area contributed by atoms with E-state index in [-0.39, 0.29) is 88.4 Å². The SMILES string of the molecule is CC(C)C[C@H](NC(=O)[C@H](CCCN=C(N)N)NC(=O)[C@@H](N)CC(=O)O)C(=O)N[C@@H](CCCN=C(N)N)C(=O)N[C@@H](CCCN=C(N)N)C(=O)O. The van der Waals surface area contributed by atoms with Crippen LogP contribution in [0.2, 0.25) is 0 Å². The van der Waals surface area contributed by atoms with Crippen LogP contribution in [0.15, 0.2) is 15.0 Å². The number of carbonyl (C=O) groups is 6. The number of aliphatic imine (C=N–C) groups is 3. The molecule has 0 radical (unpaired) electrons. The van der Waals surface area contributed by atoms with Gasteiger partial charge >= 0.3 is 11.9 Å². The van der Waals surface area contributed by atoms with E-state index in [4.69, 9.17) is 45.2 Å². The van der Waals surface area contributed by atoms with Gasteiger partial charge in [0.05, 0.1) is 12.5 Å². The molecule has 0 rings (SSSR count). The molecular weight excluding hydrogens is 660 g/mol. The Morgan fingerprint density at radius 3 is 1.26 bits per heavy atom. The maximum Gasteiger partial charge on any atom is 0.326 e. The number of nitrogens with one attached hydrogen (secondary N) is 4. The molecule has 0 spiro atoms. The smallest absolute Gasteiger partial charge is 0.326 e. The van der Waals surface area contributed by atoms with E-state index >= 15 is 0 Å². The number of amides is 4. The summed E-state index contributed by atoms with van der Waals surface area (Å²) in [5.41, 5.74) is 37.7. The Balaban J connectivity index is 6.13. The van der Waals surface area contributed by atoms with Crippen molar-refractivity contribution in [2.45, 2.75) is 95.4 Å². The molecule has 4 amide bonds. The van der Waals surface area contributed by atoms with Crippen molar-refractivity contribution >= 4 is 53.4 Å². The van der Waals surface area contributed by atoms with Crippen LogP contribution in [0.25, 0.3) is 0 Å². The van der Waals surface area contributed by atoms with Gasteiger partial charge in [0.25, 0.3) is 0 Å². The lowest BCUT2D eigenvalue weighted by Crippen LogP contribution is -2.58. The second-order valence-corrected chi connectivity index (χ2v) is 11.8. The summed E-state index contributed by atoms with van der Waals surface area (Å²) in [4.78, 5) is 87.5. The van der Waals surface area contributed by atoms with Crippen molar-refractivity contribution in [2.75, 3.05) is 19.6 Å². The van der Waals surface area contributed by atoms with Gasteiger partial charge in [-0.25, -0.2) is 4.79 Å². The quantitative estimate of drug-likeness (QED) is 0.0239. The Morgan fingerprint density at radius 2 is 0.900 bits per heavy atom. The molecule has 0 bridgehead atoms. The minimum atomic E-state index is -1.46. The van der Waals surface area contributed by atoms with Gasteiger partial charge in [-0.2, -0.15) is 0 Å². The van der Waals surface area contributed by atoms with Crippen molar-refractivity contribution in [3.63, 3.8) is 0 Å². The van der Waals surface area contributed by atoms with Gasteiger partial charge in [-0.15, -0.1) is 0 Å². The zero-order chi connectivity index (χ0) is 38.4. The Morgan fingerprint density at radius 1 is 0.560 bits per heavy atom. The second kappa shape index (κ2) is 23.8. The summed E-state index contributed by atoms with van der Waals surface area (Å²) < 4.78 is 0. The number of nitrogens with two attached hydrogens (primary N) is 7. The van der Waals surface area contributed by atoms with Crippen molar-refractivity contribution in [1.82, 2.24) is 21.3 Å². The van der Waals surface area contributed by atoms with Crippen LogP contribution in [0.4, 0.5) is 0 Å². The fourth-order valence-corrected chi connectivity index (χ4v) is 4.39. The molecule has 0 aliphatic carbocycles. The maximum absolute atomic E-state index is 13.6. The summed E-state index contributed by atoms with van der Waals surface area (Å²) in [6, 6.07) is -6.57. The number of nitrogens with zero attached hydrogens (tertiary/aromatic N) is 3. The molecule has 0 saturated carbocycles. The third-order valence-electron chi connectivity index (χ3n) is 6.79. The fraction of sp³-hybridized carbons (Fsp3) is 0.679. The Kier molecular flexibility index (Phi) is 21.3. The molecule has 0 saturated heterocycles. The molecule has 0 aliphatic heterocycles. The molecule has 22 heteroatoms. The average Bonchev–Trinajstić information content (AvgIpc) is 2.99. The van der Waals surface area contributed by atoms with Gasteiger partial charge < -0.3 is 71.6 Å². The molecule has 0 aromatic rings. The predicted molar refractivity (Wildman–Crippen MR) is 185 cm³/mol. The maximum atomic E-state index is 13.6. The van der Waals surface area contributed by atoms with Crippen molar-refractivity contribution in [3.8, 4) is 0 Å². The molecule has 284 valence electrons. The molecule has 0 unspecified atom stereocenters. The Labute approximate surface area is 289 Å². The highest BCUT2D eigenvalue weighted by molar-refractivity contribution is 5.96. The van der Waals surface area contributed by atoms with E-state index in [1.54, 1.807) is 13.8 Å². The van der Waals surface area contributed by atoms with Gasteiger partial charge in [-0.05, 0) is 50.9 Å². The minimum absolute atomic E-state index is 0.0119. The molecule has 50 heavy (non-hydrogen) atoms. The summed E-state index contributed by atoms with van der Waals surface area (Å²) in [7, 11) is 0. The van der Waals surface area contributed by atoms with Crippen LogP contribution in [-0.4, -0.2) is 114 Å². The summed E-state index contributed by atoms with van der Waals surface area (Å²) in [6.45, 7) is 3.89. The monoisotopic (exact) mass is 714 g/mol. The van der Waals surface area contributed by atoms with E-state index < -0.39 is 72.2 Å². The van der Waals surface area contributed by atoms with Crippen LogP contribution >= 0.6 is 0 Å². The molecule has 22 nitrogen and oxygen atoms in total. The van der Waals surface area contributed by atoms with Crippen LogP contribution in [0.1, 0.15) is 65.2 Å². The highest BCUT2D eigenvalue weighted by Crippen LogP contribution is 2.10. The van der Waals surface area contributed by atoms with Crippen LogP contribution in [0, 0.1) is 5.92 Å². The van der Waals surface area contributed by atoms with Crippen LogP contribution in [0.5, 0.6) is 0 Å². The van der Waals surface area contributed by atoms with Crippen LogP contribution < -0.4 is 61.4 Å². The third kappa shape index (κ3) is 20.7. The van der Waals surface area contributed by atoms with Gasteiger partial charge in [-0.3, -0.25) is 38.9 Å². The first-order valence-electron chi connectivity index (χ1n) is 15.9. The summed E-state index contributed by atoms with van der Waals surface area (Å²) >= 11 is 0. The molecule has 0 aromatic heterocycles.